The molecule has 0 unspecified atom stereocenters. The first-order valence-corrected chi connectivity index (χ1v) is 12.3. The minimum Gasteiger partial charge on any atom is -0.494 e. The van der Waals surface area contributed by atoms with Gasteiger partial charge in [0.2, 0.25) is 5.91 Å². The van der Waals surface area contributed by atoms with Crippen LogP contribution in [0.4, 0.5) is 0 Å². The van der Waals surface area contributed by atoms with Crippen LogP contribution in [-0.4, -0.2) is 45.0 Å². The fraction of sp³-hybridized carbons (Fsp3) is 0.423. The maximum absolute atomic E-state index is 12.7. The number of hydrogen-bond acceptors (Lipinski definition) is 5. The molecule has 176 valence electrons. The molecule has 1 aromatic heterocycles. The van der Waals surface area contributed by atoms with Gasteiger partial charge in [-0.15, -0.1) is 10.2 Å². The van der Waals surface area contributed by atoms with Crippen LogP contribution in [-0.2, 0) is 23.3 Å². The van der Waals surface area contributed by atoms with Gasteiger partial charge in [0.05, 0.1) is 12.4 Å². The molecular formula is C26H34N4O2S. The van der Waals surface area contributed by atoms with Gasteiger partial charge in [0.15, 0.2) is 11.0 Å². The van der Waals surface area contributed by atoms with Gasteiger partial charge in [0.1, 0.15) is 5.75 Å². The molecule has 3 rings (SSSR count). The molecule has 6 nitrogen and oxygen atoms in total. The summed E-state index contributed by atoms with van der Waals surface area (Å²) in [7, 11) is 1.83. The molecule has 0 aliphatic heterocycles. The molecule has 1 heterocycles. The van der Waals surface area contributed by atoms with E-state index >= 15 is 0 Å². The second-order valence-electron chi connectivity index (χ2n) is 8.99. The van der Waals surface area contributed by atoms with Gasteiger partial charge in [0, 0.05) is 25.7 Å². The van der Waals surface area contributed by atoms with Crippen molar-refractivity contribution in [3.8, 4) is 17.1 Å². The van der Waals surface area contributed by atoms with Gasteiger partial charge in [-0.05, 0) is 42.5 Å². The molecule has 0 N–H and O–H groups in total. The molecule has 0 saturated heterocycles. The average Bonchev–Trinajstić information content (AvgIpc) is 3.21. The van der Waals surface area contributed by atoms with Crippen molar-refractivity contribution in [2.45, 2.75) is 58.3 Å². The van der Waals surface area contributed by atoms with E-state index in [4.69, 9.17) is 4.74 Å². The lowest BCUT2D eigenvalue weighted by Crippen LogP contribution is -2.27. The molecule has 0 aliphatic rings. The van der Waals surface area contributed by atoms with Gasteiger partial charge in [-0.1, -0.05) is 68.9 Å². The van der Waals surface area contributed by atoms with Crippen molar-refractivity contribution >= 4 is 17.7 Å². The zero-order valence-corrected chi connectivity index (χ0v) is 21.3. The molecule has 1 amide bonds. The summed E-state index contributed by atoms with van der Waals surface area (Å²) >= 11 is 1.43. The third-order valence-corrected chi connectivity index (χ3v) is 6.40. The van der Waals surface area contributed by atoms with E-state index in [0.29, 0.717) is 18.9 Å². The van der Waals surface area contributed by atoms with Crippen LogP contribution in [0.15, 0.2) is 53.7 Å². The Bertz CT molecular complexity index is 1050. The normalized spacial score (nSPS) is 11.5. The van der Waals surface area contributed by atoms with Crippen LogP contribution in [0, 0.1) is 0 Å². The Balaban J connectivity index is 1.63. The molecule has 0 spiro atoms. The SMILES string of the molecule is CCOc1ccc(CN(C)C(=O)CSc2nnc(-c3ccc(C(C)(C)C)cc3)n2CC)cc1. The summed E-state index contributed by atoms with van der Waals surface area (Å²) in [5.74, 6) is 2.04. The summed E-state index contributed by atoms with van der Waals surface area (Å²) in [5, 5.41) is 9.55. The van der Waals surface area contributed by atoms with Gasteiger partial charge in [0.25, 0.3) is 0 Å². The highest BCUT2D eigenvalue weighted by Crippen LogP contribution is 2.28. The number of nitrogens with zero attached hydrogens (tertiary/aromatic N) is 4. The largest absolute Gasteiger partial charge is 0.494 e. The smallest absolute Gasteiger partial charge is 0.233 e. The predicted molar refractivity (Wildman–Crippen MR) is 135 cm³/mol. The van der Waals surface area contributed by atoms with Crippen molar-refractivity contribution in [2.24, 2.45) is 0 Å². The number of carbonyl (C=O) groups excluding carboxylic acids is 1. The first-order chi connectivity index (χ1) is 15.7. The van der Waals surface area contributed by atoms with E-state index in [1.807, 2.05) is 38.2 Å². The molecule has 0 radical (unpaired) electrons. The van der Waals surface area contributed by atoms with Crippen molar-refractivity contribution < 1.29 is 9.53 Å². The quantitative estimate of drug-likeness (QED) is 0.395. The topological polar surface area (TPSA) is 60.2 Å². The molecular weight excluding hydrogens is 432 g/mol. The Morgan fingerprint density at radius 1 is 1.03 bits per heavy atom. The summed E-state index contributed by atoms with van der Waals surface area (Å²) in [6.07, 6.45) is 0. The molecule has 0 bridgehead atoms. The fourth-order valence-corrected chi connectivity index (χ4v) is 4.41. The molecule has 0 aliphatic carbocycles. The van der Waals surface area contributed by atoms with E-state index in [1.165, 1.54) is 17.3 Å². The number of hydrogen-bond donors (Lipinski definition) is 0. The number of benzene rings is 2. The van der Waals surface area contributed by atoms with Crippen LogP contribution in [0.5, 0.6) is 5.75 Å². The van der Waals surface area contributed by atoms with Gasteiger partial charge in [-0.25, -0.2) is 0 Å². The van der Waals surface area contributed by atoms with Crippen LogP contribution in [0.2, 0.25) is 0 Å². The molecule has 0 saturated carbocycles. The van der Waals surface area contributed by atoms with Gasteiger partial charge in [-0.3, -0.25) is 4.79 Å². The minimum absolute atomic E-state index is 0.0515. The standard InChI is InChI=1S/C26H34N4O2S/c1-7-30-24(20-11-13-21(14-12-20)26(3,4)5)27-28-25(30)33-18-23(31)29(6)17-19-9-15-22(16-10-19)32-8-2/h9-16H,7-8,17-18H2,1-6H3. The van der Waals surface area contributed by atoms with Crippen LogP contribution in [0.1, 0.15) is 45.7 Å². The Kier molecular flexibility index (Phi) is 8.19. The third-order valence-electron chi connectivity index (χ3n) is 5.45. The van der Waals surface area contributed by atoms with E-state index in [-0.39, 0.29) is 11.3 Å². The van der Waals surface area contributed by atoms with Crippen molar-refractivity contribution in [3.63, 3.8) is 0 Å². The summed E-state index contributed by atoms with van der Waals surface area (Å²) < 4.78 is 7.54. The molecule has 7 heteroatoms. The summed E-state index contributed by atoms with van der Waals surface area (Å²) in [6.45, 7) is 12.6. The lowest BCUT2D eigenvalue weighted by Gasteiger charge is -2.19. The number of carbonyl (C=O) groups is 1. The fourth-order valence-electron chi connectivity index (χ4n) is 3.47. The highest BCUT2D eigenvalue weighted by Gasteiger charge is 2.18. The van der Waals surface area contributed by atoms with E-state index in [2.05, 4.69) is 66.7 Å². The maximum atomic E-state index is 12.7. The lowest BCUT2D eigenvalue weighted by molar-refractivity contribution is -0.127. The first-order valence-electron chi connectivity index (χ1n) is 11.4. The van der Waals surface area contributed by atoms with Crippen LogP contribution in [0.25, 0.3) is 11.4 Å². The zero-order valence-electron chi connectivity index (χ0n) is 20.5. The van der Waals surface area contributed by atoms with E-state index in [1.54, 1.807) is 4.90 Å². The highest BCUT2D eigenvalue weighted by atomic mass is 32.2. The second-order valence-corrected chi connectivity index (χ2v) is 9.94. The van der Waals surface area contributed by atoms with Crippen molar-refractivity contribution in [2.75, 3.05) is 19.4 Å². The molecule has 3 aromatic rings. The number of rotatable bonds is 9. The molecule has 33 heavy (non-hydrogen) atoms. The number of thioether (sulfide) groups is 1. The molecule has 2 aromatic carbocycles. The highest BCUT2D eigenvalue weighted by molar-refractivity contribution is 7.99. The monoisotopic (exact) mass is 466 g/mol. The number of amides is 1. The van der Waals surface area contributed by atoms with Crippen LogP contribution < -0.4 is 4.74 Å². The summed E-state index contributed by atoms with van der Waals surface area (Å²) in [6, 6.07) is 16.4. The minimum atomic E-state index is 0.0515. The van der Waals surface area contributed by atoms with Crippen LogP contribution >= 0.6 is 11.8 Å². The third kappa shape index (κ3) is 6.38. The van der Waals surface area contributed by atoms with Crippen molar-refractivity contribution in [1.29, 1.82) is 0 Å². The number of aromatic nitrogens is 3. The summed E-state index contributed by atoms with van der Waals surface area (Å²) in [4.78, 5) is 14.5. The zero-order chi connectivity index (χ0) is 24.0. The van der Waals surface area contributed by atoms with E-state index < -0.39 is 0 Å². The first kappa shape index (κ1) is 24.8. The van der Waals surface area contributed by atoms with Gasteiger partial charge < -0.3 is 14.2 Å². The van der Waals surface area contributed by atoms with Crippen molar-refractivity contribution in [3.05, 3.63) is 59.7 Å². The van der Waals surface area contributed by atoms with E-state index in [9.17, 15) is 4.79 Å². The van der Waals surface area contributed by atoms with E-state index in [0.717, 1.165) is 34.4 Å². The maximum Gasteiger partial charge on any atom is 0.233 e. The molecule has 0 fully saturated rings. The Morgan fingerprint density at radius 3 is 2.27 bits per heavy atom. The average molecular weight is 467 g/mol. The molecule has 0 atom stereocenters. The Hall–Kier alpha value is -2.80. The predicted octanol–water partition coefficient (Wildman–Crippen LogP) is 5.41. The number of ether oxygens (including phenoxy) is 1. The van der Waals surface area contributed by atoms with Gasteiger partial charge in [-0.2, -0.15) is 0 Å². The second kappa shape index (κ2) is 10.9. The van der Waals surface area contributed by atoms with Crippen LogP contribution in [0.3, 0.4) is 0 Å². The Morgan fingerprint density at radius 2 is 1.70 bits per heavy atom. The Labute approximate surface area is 201 Å². The van der Waals surface area contributed by atoms with Crippen molar-refractivity contribution in [1.82, 2.24) is 19.7 Å². The lowest BCUT2D eigenvalue weighted by atomic mass is 9.87. The van der Waals surface area contributed by atoms with Gasteiger partial charge >= 0.3 is 0 Å². The summed E-state index contributed by atoms with van der Waals surface area (Å²) in [5.41, 5.74) is 3.49.